The van der Waals surface area contributed by atoms with Crippen LogP contribution in [0.1, 0.15) is 33.2 Å². The molecule has 2 aromatic heterocycles. The minimum absolute atomic E-state index is 0.0289. The Morgan fingerprint density at radius 2 is 2.20 bits per heavy atom. The number of aromatic nitrogens is 1. The van der Waals surface area contributed by atoms with Gasteiger partial charge in [-0.3, -0.25) is 4.79 Å². The monoisotopic (exact) mass is 417 g/mol. The van der Waals surface area contributed by atoms with Crippen LogP contribution < -0.4 is 20.5 Å². The molecule has 0 bridgehead atoms. The van der Waals surface area contributed by atoms with Crippen molar-refractivity contribution in [3.8, 4) is 11.6 Å². The van der Waals surface area contributed by atoms with Crippen molar-refractivity contribution in [2.75, 3.05) is 20.2 Å². The van der Waals surface area contributed by atoms with Crippen LogP contribution in [-0.2, 0) is 6.61 Å². The molecule has 3 heterocycles. The fraction of sp³-hybridized carbons (Fsp3) is 0.333. The van der Waals surface area contributed by atoms with Crippen molar-refractivity contribution >= 4 is 16.9 Å². The molecule has 30 heavy (non-hydrogen) atoms. The van der Waals surface area contributed by atoms with Crippen molar-refractivity contribution < 1.29 is 27.5 Å². The van der Waals surface area contributed by atoms with Crippen LogP contribution in [0.25, 0.3) is 11.0 Å². The van der Waals surface area contributed by atoms with Crippen molar-refractivity contribution in [1.82, 2.24) is 10.3 Å². The van der Waals surface area contributed by atoms with Gasteiger partial charge < -0.3 is 24.9 Å². The standard InChI is InChI=1S/C21H21F2N3O4/c1-11-16(19(24)27)18-15(30-11)6-5-14(17(18)13-8-25-10-21(13,22)23)29-9-12-4-3-7-26-20(12)28-2/h3-7,13,25H,8-10H2,1-2H3,(H2,24,27). The summed E-state index contributed by atoms with van der Waals surface area (Å²) in [5.41, 5.74) is 6.80. The Kier molecular flexibility index (Phi) is 5.07. The average molecular weight is 417 g/mol. The predicted molar refractivity (Wildman–Crippen MR) is 105 cm³/mol. The van der Waals surface area contributed by atoms with Crippen molar-refractivity contribution in [2.45, 2.75) is 25.4 Å². The van der Waals surface area contributed by atoms with Gasteiger partial charge in [-0.1, -0.05) is 0 Å². The summed E-state index contributed by atoms with van der Waals surface area (Å²) in [5.74, 6) is -4.09. The normalized spacial score (nSPS) is 17.9. The van der Waals surface area contributed by atoms with E-state index in [1.165, 1.54) is 7.11 Å². The topological polar surface area (TPSA) is 99.6 Å². The number of furan rings is 1. The number of amides is 1. The van der Waals surface area contributed by atoms with Crippen LogP contribution >= 0.6 is 0 Å². The average Bonchev–Trinajstić information content (AvgIpc) is 3.23. The maximum atomic E-state index is 14.7. The van der Waals surface area contributed by atoms with Crippen LogP contribution in [0.3, 0.4) is 0 Å². The van der Waals surface area contributed by atoms with Gasteiger partial charge in [0, 0.05) is 23.7 Å². The molecule has 1 amide bonds. The number of pyridine rings is 1. The van der Waals surface area contributed by atoms with Crippen LogP contribution in [0.5, 0.6) is 11.6 Å². The first-order valence-electron chi connectivity index (χ1n) is 9.38. The first-order chi connectivity index (χ1) is 14.3. The molecule has 0 aliphatic carbocycles. The number of methoxy groups -OCH3 is 1. The van der Waals surface area contributed by atoms with Gasteiger partial charge in [-0.05, 0) is 31.2 Å². The van der Waals surface area contributed by atoms with Gasteiger partial charge in [-0.15, -0.1) is 0 Å². The molecular weight excluding hydrogens is 396 g/mol. The number of primary amides is 1. The first-order valence-corrected chi connectivity index (χ1v) is 9.38. The van der Waals surface area contributed by atoms with Crippen LogP contribution in [0.4, 0.5) is 8.78 Å². The number of nitrogens with two attached hydrogens (primary N) is 1. The Bertz CT molecular complexity index is 1110. The van der Waals surface area contributed by atoms with E-state index >= 15 is 0 Å². The Morgan fingerprint density at radius 1 is 1.40 bits per heavy atom. The number of nitrogens with zero attached hydrogens (tertiary/aromatic N) is 1. The van der Waals surface area contributed by atoms with Crippen LogP contribution in [0.15, 0.2) is 34.9 Å². The Balaban J connectivity index is 1.86. The molecule has 3 N–H and O–H groups in total. The van der Waals surface area contributed by atoms with Crippen molar-refractivity contribution in [3.05, 3.63) is 52.9 Å². The lowest BCUT2D eigenvalue weighted by atomic mass is 9.89. The maximum Gasteiger partial charge on any atom is 0.268 e. The van der Waals surface area contributed by atoms with Gasteiger partial charge in [0.15, 0.2) is 0 Å². The van der Waals surface area contributed by atoms with E-state index in [0.29, 0.717) is 17.0 Å². The number of ether oxygens (including phenoxy) is 2. The SMILES string of the molecule is COc1ncccc1COc1ccc2oc(C)c(C(N)=O)c2c1C1CNCC1(F)F. The van der Waals surface area contributed by atoms with Crippen molar-refractivity contribution in [2.24, 2.45) is 5.73 Å². The van der Waals surface area contributed by atoms with Crippen molar-refractivity contribution in [1.29, 1.82) is 0 Å². The molecule has 0 spiro atoms. The number of rotatable bonds is 6. The van der Waals surface area contributed by atoms with E-state index in [-0.39, 0.29) is 41.2 Å². The minimum atomic E-state index is -3.03. The number of carbonyl (C=O) groups is 1. The van der Waals surface area contributed by atoms with E-state index in [1.54, 1.807) is 37.4 Å². The third-order valence-electron chi connectivity index (χ3n) is 5.27. The number of carbonyl (C=O) groups excluding carboxylic acids is 1. The lowest BCUT2D eigenvalue weighted by Gasteiger charge is -2.22. The maximum absolute atomic E-state index is 14.7. The number of fused-ring (bicyclic) bond motifs is 1. The minimum Gasteiger partial charge on any atom is -0.488 e. The molecule has 1 aliphatic rings. The number of alkyl halides is 2. The molecule has 1 atom stereocenters. The van der Waals surface area contributed by atoms with E-state index in [1.807, 2.05) is 0 Å². The molecule has 1 saturated heterocycles. The first kappa shape index (κ1) is 20.1. The smallest absolute Gasteiger partial charge is 0.268 e. The summed E-state index contributed by atoms with van der Waals surface area (Å²) in [6.45, 7) is 1.19. The zero-order valence-corrected chi connectivity index (χ0v) is 16.5. The molecule has 3 aromatic rings. The second kappa shape index (κ2) is 7.56. The fourth-order valence-corrected chi connectivity index (χ4v) is 3.93. The molecule has 9 heteroatoms. The highest BCUT2D eigenvalue weighted by molar-refractivity contribution is 6.08. The van der Waals surface area contributed by atoms with Crippen LogP contribution in [0, 0.1) is 6.92 Å². The molecule has 0 saturated carbocycles. The number of hydrogen-bond acceptors (Lipinski definition) is 6. The second-order valence-corrected chi connectivity index (χ2v) is 7.15. The Labute approximate surface area is 171 Å². The summed E-state index contributed by atoms with van der Waals surface area (Å²) in [5, 5.41) is 2.99. The van der Waals surface area contributed by atoms with E-state index < -0.39 is 24.3 Å². The van der Waals surface area contributed by atoms with E-state index in [0.717, 1.165) is 0 Å². The zero-order valence-electron chi connectivity index (χ0n) is 16.5. The summed E-state index contributed by atoms with van der Waals surface area (Å²) in [7, 11) is 1.49. The van der Waals surface area contributed by atoms with Gasteiger partial charge in [0.05, 0.1) is 30.7 Å². The molecular formula is C21H21F2N3O4. The fourth-order valence-electron chi connectivity index (χ4n) is 3.93. The predicted octanol–water partition coefficient (Wildman–Crippen LogP) is 3.14. The molecule has 1 fully saturated rings. The lowest BCUT2D eigenvalue weighted by Crippen LogP contribution is -2.26. The van der Waals surface area contributed by atoms with E-state index in [2.05, 4.69) is 10.3 Å². The van der Waals surface area contributed by atoms with E-state index in [9.17, 15) is 13.6 Å². The molecule has 0 radical (unpaired) electrons. The molecule has 1 aliphatic heterocycles. The summed E-state index contributed by atoms with van der Waals surface area (Å²) in [6, 6.07) is 6.66. The van der Waals surface area contributed by atoms with Gasteiger partial charge in [0.1, 0.15) is 23.7 Å². The zero-order chi connectivity index (χ0) is 21.5. The quantitative estimate of drug-likeness (QED) is 0.639. The molecule has 7 nitrogen and oxygen atoms in total. The highest BCUT2D eigenvalue weighted by Gasteiger charge is 2.47. The molecule has 1 aromatic carbocycles. The number of nitrogens with one attached hydrogen (secondary N) is 1. The highest BCUT2D eigenvalue weighted by Crippen LogP contribution is 2.46. The summed E-state index contributed by atoms with van der Waals surface area (Å²) in [6.07, 6.45) is 1.58. The third kappa shape index (κ3) is 3.35. The van der Waals surface area contributed by atoms with Crippen molar-refractivity contribution in [3.63, 3.8) is 0 Å². The molecule has 1 unspecified atom stereocenters. The second-order valence-electron chi connectivity index (χ2n) is 7.15. The summed E-state index contributed by atoms with van der Waals surface area (Å²) >= 11 is 0. The lowest BCUT2D eigenvalue weighted by molar-refractivity contribution is 0.00534. The van der Waals surface area contributed by atoms with Gasteiger partial charge in [0.25, 0.3) is 11.8 Å². The van der Waals surface area contributed by atoms with Gasteiger partial charge in [-0.25, -0.2) is 13.8 Å². The largest absolute Gasteiger partial charge is 0.488 e. The number of benzene rings is 1. The number of hydrogen-bond donors (Lipinski definition) is 2. The third-order valence-corrected chi connectivity index (χ3v) is 5.27. The van der Waals surface area contributed by atoms with Gasteiger partial charge in [0.2, 0.25) is 5.88 Å². The number of aryl methyl sites for hydroxylation is 1. The van der Waals surface area contributed by atoms with Gasteiger partial charge in [-0.2, -0.15) is 0 Å². The van der Waals surface area contributed by atoms with E-state index in [4.69, 9.17) is 19.6 Å². The summed E-state index contributed by atoms with van der Waals surface area (Å²) < 4.78 is 46.3. The highest BCUT2D eigenvalue weighted by atomic mass is 19.3. The van der Waals surface area contributed by atoms with Crippen LogP contribution in [0.2, 0.25) is 0 Å². The number of halogens is 2. The Morgan fingerprint density at radius 3 is 2.87 bits per heavy atom. The Hall–Kier alpha value is -3.20. The van der Waals surface area contributed by atoms with Crippen LogP contribution in [-0.4, -0.2) is 37.0 Å². The summed E-state index contributed by atoms with van der Waals surface area (Å²) in [4.78, 5) is 16.2. The van der Waals surface area contributed by atoms with Gasteiger partial charge >= 0.3 is 0 Å². The molecule has 4 rings (SSSR count). The molecule has 158 valence electrons.